The van der Waals surface area contributed by atoms with Crippen molar-refractivity contribution in [3.63, 3.8) is 0 Å². The number of benzene rings is 1. The number of piperidine rings is 1. The molecule has 7 nitrogen and oxygen atoms in total. The second kappa shape index (κ2) is 7.76. The van der Waals surface area contributed by atoms with Crippen molar-refractivity contribution in [3.8, 4) is 0 Å². The molecule has 1 saturated heterocycles. The first-order valence-electron chi connectivity index (χ1n) is 8.56. The Balaban J connectivity index is 1.63. The van der Waals surface area contributed by atoms with Gasteiger partial charge in [0, 0.05) is 7.11 Å². The number of nitrogens with one attached hydrogen (secondary N) is 2. The number of amides is 1. The smallest absolute Gasteiger partial charge is 0.252 e. The predicted octanol–water partition coefficient (Wildman–Crippen LogP) is 1.61. The Morgan fingerprint density at radius 1 is 1.36 bits per heavy atom. The van der Waals surface area contributed by atoms with Gasteiger partial charge in [0.25, 0.3) is 5.91 Å². The van der Waals surface area contributed by atoms with E-state index in [1.54, 1.807) is 7.11 Å². The molecule has 0 radical (unpaired) electrons. The number of ether oxygens (including phenoxy) is 1. The Morgan fingerprint density at radius 2 is 2.08 bits per heavy atom. The molecule has 0 saturated carbocycles. The molecule has 1 aliphatic rings. The van der Waals surface area contributed by atoms with Gasteiger partial charge in [-0.2, -0.15) is 4.98 Å². The molecule has 7 heteroatoms. The first-order chi connectivity index (χ1) is 12.1. The second-order valence-corrected chi connectivity index (χ2v) is 6.35. The molecule has 3 rings (SSSR count). The fraction of sp³-hybridized carbons (Fsp3) is 0.500. The van der Waals surface area contributed by atoms with Gasteiger partial charge in [0.05, 0.1) is 12.5 Å². The molecule has 1 fully saturated rings. The van der Waals surface area contributed by atoms with Crippen LogP contribution in [0.15, 0.2) is 34.9 Å². The minimum atomic E-state index is -0.782. The summed E-state index contributed by atoms with van der Waals surface area (Å²) < 4.78 is 10.9. The van der Waals surface area contributed by atoms with Crippen molar-refractivity contribution >= 4 is 5.91 Å². The van der Waals surface area contributed by atoms with E-state index in [0.717, 1.165) is 18.7 Å². The molecule has 1 aromatic carbocycles. The standard InChI is InChI=1S/C18H24N4O3/c1-13(20-17(23)18(24-2)8-10-19-11-9-18)16-21-15(25-22-16)12-14-6-4-3-5-7-14/h3-7,13,19H,8-12H2,1-2H3,(H,20,23). The molecule has 0 spiro atoms. The van der Waals surface area contributed by atoms with Crippen LogP contribution in [0, 0.1) is 0 Å². The maximum Gasteiger partial charge on any atom is 0.252 e. The summed E-state index contributed by atoms with van der Waals surface area (Å²) in [5.41, 5.74) is 0.318. The Hall–Kier alpha value is -2.25. The Morgan fingerprint density at radius 3 is 2.76 bits per heavy atom. The van der Waals surface area contributed by atoms with Crippen molar-refractivity contribution < 1.29 is 14.1 Å². The third-order valence-corrected chi connectivity index (χ3v) is 4.63. The summed E-state index contributed by atoms with van der Waals surface area (Å²) in [5.74, 6) is 0.878. The number of carbonyl (C=O) groups is 1. The average Bonchev–Trinajstić information content (AvgIpc) is 3.11. The van der Waals surface area contributed by atoms with Crippen molar-refractivity contribution in [1.29, 1.82) is 0 Å². The summed E-state index contributed by atoms with van der Waals surface area (Å²) in [6, 6.07) is 9.58. The maximum absolute atomic E-state index is 12.7. The average molecular weight is 344 g/mol. The zero-order chi connectivity index (χ0) is 17.7. The minimum absolute atomic E-state index is 0.126. The summed E-state index contributed by atoms with van der Waals surface area (Å²) in [4.78, 5) is 17.1. The molecule has 1 amide bonds. The van der Waals surface area contributed by atoms with E-state index in [1.165, 1.54) is 0 Å². The van der Waals surface area contributed by atoms with E-state index in [2.05, 4.69) is 20.8 Å². The van der Waals surface area contributed by atoms with Crippen LogP contribution in [0.3, 0.4) is 0 Å². The lowest BCUT2D eigenvalue weighted by Crippen LogP contribution is -2.54. The zero-order valence-electron chi connectivity index (χ0n) is 14.6. The third kappa shape index (κ3) is 4.05. The van der Waals surface area contributed by atoms with Crippen molar-refractivity contribution in [2.75, 3.05) is 20.2 Å². The first-order valence-corrected chi connectivity index (χ1v) is 8.56. The summed E-state index contributed by atoms with van der Waals surface area (Å²) in [6.07, 6.45) is 1.86. The van der Waals surface area contributed by atoms with Gasteiger partial charge in [0.1, 0.15) is 5.60 Å². The number of nitrogens with zero attached hydrogens (tertiary/aromatic N) is 2. The molecule has 1 aromatic heterocycles. The van der Waals surface area contributed by atoms with Crippen LogP contribution in [0.4, 0.5) is 0 Å². The van der Waals surface area contributed by atoms with E-state index in [-0.39, 0.29) is 11.9 Å². The SMILES string of the molecule is COC1(C(=O)NC(C)c2noc(Cc3ccccc3)n2)CCNCC1. The van der Waals surface area contributed by atoms with Crippen molar-refractivity contribution in [2.24, 2.45) is 0 Å². The highest BCUT2D eigenvalue weighted by Crippen LogP contribution is 2.24. The molecule has 0 aliphatic carbocycles. The fourth-order valence-electron chi connectivity index (χ4n) is 3.03. The molecule has 2 aromatic rings. The number of hydrogen-bond acceptors (Lipinski definition) is 6. The predicted molar refractivity (Wildman–Crippen MR) is 91.9 cm³/mol. The number of carbonyl (C=O) groups excluding carboxylic acids is 1. The van der Waals surface area contributed by atoms with E-state index in [0.29, 0.717) is 31.0 Å². The van der Waals surface area contributed by atoms with Gasteiger partial charge >= 0.3 is 0 Å². The maximum atomic E-state index is 12.7. The van der Waals surface area contributed by atoms with Crippen molar-refractivity contribution in [3.05, 3.63) is 47.6 Å². The summed E-state index contributed by atoms with van der Waals surface area (Å²) in [5, 5.41) is 10.2. The van der Waals surface area contributed by atoms with Crippen LogP contribution in [0.2, 0.25) is 0 Å². The zero-order valence-corrected chi connectivity index (χ0v) is 14.6. The fourth-order valence-corrected chi connectivity index (χ4v) is 3.03. The first kappa shape index (κ1) is 17.6. The quantitative estimate of drug-likeness (QED) is 0.827. The largest absolute Gasteiger partial charge is 0.368 e. The topological polar surface area (TPSA) is 89.3 Å². The minimum Gasteiger partial charge on any atom is -0.368 e. The van der Waals surface area contributed by atoms with Crippen LogP contribution in [-0.2, 0) is 16.0 Å². The second-order valence-electron chi connectivity index (χ2n) is 6.35. The van der Waals surface area contributed by atoms with E-state index < -0.39 is 5.60 Å². The Bertz CT molecular complexity index is 695. The third-order valence-electron chi connectivity index (χ3n) is 4.63. The van der Waals surface area contributed by atoms with Gasteiger partial charge < -0.3 is 19.9 Å². The molecule has 1 aliphatic heterocycles. The van der Waals surface area contributed by atoms with Gasteiger partial charge in [0.15, 0.2) is 5.82 Å². The van der Waals surface area contributed by atoms with Crippen molar-refractivity contribution in [2.45, 2.75) is 37.8 Å². The van der Waals surface area contributed by atoms with Gasteiger partial charge in [0.2, 0.25) is 5.89 Å². The Kier molecular flexibility index (Phi) is 5.45. The lowest BCUT2D eigenvalue weighted by Gasteiger charge is -2.35. The van der Waals surface area contributed by atoms with Crippen LogP contribution < -0.4 is 10.6 Å². The molecule has 0 bridgehead atoms. The van der Waals surface area contributed by atoms with Crippen molar-refractivity contribution in [1.82, 2.24) is 20.8 Å². The van der Waals surface area contributed by atoms with E-state index in [9.17, 15) is 4.79 Å². The highest BCUT2D eigenvalue weighted by Gasteiger charge is 2.40. The number of hydrogen-bond donors (Lipinski definition) is 2. The van der Waals surface area contributed by atoms with Crippen LogP contribution in [0.5, 0.6) is 0 Å². The number of aromatic nitrogens is 2. The molecular formula is C18H24N4O3. The van der Waals surface area contributed by atoms with Crippen LogP contribution in [0.1, 0.15) is 43.1 Å². The van der Waals surface area contributed by atoms with Crippen LogP contribution in [-0.4, -0.2) is 41.8 Å². The molecule has 2 heterocycles. The molecule has 25 heavy (non-hydrogen) atoms. The van der Waals surface area contributed by atoms with Gasteiger partial charge in [-0.05, 0) is 38.4 Å². The van der Waals surface area contributed by atoms with Crippen LogP contribution >= 0.6 is 0 Å². The summed E-state index contributed by atoms with van der Waals surface area (Å²) in [6.45, 7) is 3.37. The molecule has 1 atom stereocenters. The Labute approximate surface area is 147 Å². The van der Waals surface area contributed by atoms with Gasteiger partial charge in [-0.15, -0.1) is 0 Å². The summed E-state index contributed by atoms with van der Waals surface area (Å²) in [7, 11) is 1.59. The normalized spacial score (nSPS) is 17.8. The molecule has 134 valence electrons. The van der Waals surface area contributed by atoms with Gasteiger partial charge in [-0.1, -0.05) is 35.5 Å². The molecule has 2 N–H and O–H groups in total. The monoisotopic (exact) mass is 344 g/mol. The number of methoxy groups -OCH3 is 1. The molecular weight excluding hydrogens is 320 g/mol. The highest BCUT2D eigenvalue weighted by atomic mass is 16.5. The summed E-state index contributed by atoms with van der Waals surface area (Å²) >= 11 is 0. The lowest BCUT2D eigenvalue weighted by molar-refractivity contribution is -0.147. The molecule has 1 unspecified atom stereocenters. The van der Waals surface area contributed by atoms with E-state index in [4.69, 9.17) is 9.26 Å². The lowest BCUT2D eigenvalue weighted by atomic mass is 9.91. The number of rotatable bonds is 6. The van der Waals surface area contributed by atoms with E-state index >= 15 is 0 Å². The van der Waals surface area contributed by atoms with Crippen LogP contribution in [0.25, 0.3) is 0 Å². The van der Waals surface area contributed by atoms with Gasteiger partial charge in [-0.3, -0.25) is 4.79 Å². The van der Waals surface area contributed by atoms with Gasteiger partial charge in [-0.25, -0.2) is 0 Å². The van der Waals surface area contributed by atoms with E-state index in [1.807, 2.05) is 37.3 Å². The highest BCUT2D eigenvalue weighted by molar-refractivity contribution is 5.85.